The first-order chi connectivity index (χ1) is 8.43. The molecule has 1 aliphatic heterocycles. The van der Waals surface area contributed by atoms with E-state index in [1.54, 1.807) is 13.2 Å². The van der Waals surface area contributed by atoms with Crippen LogP contribution in [0, 0.1) is 5.41 Å². The van der Waals surface area contributed by atoms with Gasteiger partial charge in [0.05, 0.1) is 7.11 Å². The maximum atomic E-state index is 10.1. The van der Waals surface area contributed by atoms with E-state index >= 15 is 0 Å². The second-order valence-corrected chi connectivity index (χ2v) is 5.99. The lowest BCUT2D eigenvalue weighted by Crippen LogP contribution is -2.26. The van der Waals surface area contributed by atoms with Crippen molar-refractivity contribution in [2.75, 3.05) is 20.2 Å². The first kappa shape index (κ1) is 13.2. The molecule has 1 aliphatic rings. The van der Waals surface area contributed by atoms with Crippen molar-refractivity contribution in [2.24, 2.45) is 5.41 Å². The highest BCUT2D eigenvalue weighted by Gasteiger charge is 2.32. The van der Waals surface area contributed by atoms with Crippen LogP contribution in [-0.4, -0.2) is 30.2 Å². The zero-order chi connectivity index (χ0) is 13.3. The van der Waals surface area contributed by atoms with Gasteiger partial charge in [-0.3, -0.25) is 4.90 Å². The van der Waals surface area contributed by atoms with E-state index in [1.807, 2.05) is 12.1 Å². The van der Waals surface area contributed by atoms with E-state index in [4.69, 9.17) is 4.74 Å². The van der Waals surface area contributed by atoms with Crippen LogP contribution >= 0.6 is 0 Å². The molecule has 2 rings (SSSR count). The summed E-state index contributed by atoms with van der Waals surface area (Å²) >= 11 is 0. The number of benzene rings is 1. The summed E-state index contributed by atoms with van der Waals surface area (Å²) in [6.45, 7) is 8.93. The standard InChI is InChI=1S/C15H23NO2/c1-11(16-8-7-15(2,3)10-16)13-6-5-12(18-4)9-14(13)17/h5-6,9,11,17H,7-8,10H2,1-4H3. The molecule has 1 heterocycles. The Kier molecular flexibility index (Phi) is 3.53. The Balaban J connectivity index is 2.16. The zero-order valence-corrected chi connectivity index (χ0v) is 11.7. The van der Waals surface area contributed by atoms with Crippen LogP contribution in [0.15, 0.2) is 18.2 Å². The van der Waals surface area contributed by atoms with E-state index in [2.05, 4.69) is 25.7 Å². The molecule has 0 aromatic heterocycles. The number of hydrogen-bond donors (Lipinski definition) is 1. The Morgan fingerprint density at radius 3 is 2.61 bits per heavy atom. The van der Waals surface area contributed by atoms with Gasteiger partial charge in [-0.05, 0) is 31.4 Å². The van der Waals surface area contributed by atoms with Crippen LogP contribution < -0.4 is 4.74 Å². The van der Waals surface area contributed by atoms with Gasteiger partial charge >= 0.3 is 0 Å². The number of likely N-dealkylation sites (tertiary alicyclic amines) is 1. The van der Waals surface area contributed by atoms with Gasteiger partial charge in [0.1, 0.15) is 11.5 Å². The molecule has 0 saturated carbocycles. The topological polar surface area (TPSA) is 32.7 Å². The van der Waals surface area contributed by atoms with E-state index < -0.39 is 0 Å². The fraction of sp³-hybridized carbons (Fsp3) is 0.600. The molecule has 1 unspecified atom stereocenters. The van der Waals surface area contributed by atoms with Gasteiger partial charge < -0.3 is 9.84 Å². The number of ether oxygens (including phenoxy) is 1. The third kappa shape index (κ3) is 2.61. The van der Waals surface area contributed by atoms with Crippen molar-refractivity contribution in [1.82, 2.24) is 4.90 Å². The number of aromatic hydroxyl groups is 1. The second kappa shape index (κ2) is 4.81. The normalized spacial score (nSPS) is 20.9. The van der Waals surface area contributed by atoms with Crippen molar-refractivity contribution in [3.8, 4) is 11.5 Å². The van der Waals surface area contributed by atoms with Crippen molar-refractivity contribution in [1.29, 1.82) is 0 Å². The molecule has 0 radical (unpaired) electrons. The van der Waals surface area contributed by atoms with Crippen LogP contribution in [-0.2, 0) is 0 Å². The number of phenolic OH excluding ortho intramolecular Hbond substituents is 1. The molecule has 3 heteroatoms. The van der Waals surface area contributed by atoms with Crippen LogP contribution in [0.4, 0.5) is 0 Å². The average Bonchev–Trinajstić information content (AvgIpc) is 2.68. The van der Waals surface area contributed by atoms with Crippen molar-refractivity contribution in [3.63, 3.8) is 0 Å². The molecular formula is C15H23NO2. The number of phenols is 1. The molecule has 1 atom stereocenters. The average molecular weight is 249 g/mol. The Bertz CT molecular complexity index is 429. The molecule has 1 saturated heterocycles. The Morgan fingerprint density at radius 1 is 1.39 bits per heavy atom. The van der Waals surface area contributed by atoms with Crippen LogP contribution in [0.1, 0.15) is 38.8 Å². The van der Waals surface area contributed by atoms with E-state index in [0.29, 0.717) is 16.9 Å². The van der Waals surface area contributed by atoms with Gasteiger partial charge in [0, 0.05) is 24.2 Å². The first-order valence-electron chi connectivity index (χ1n) is 6.54. The predicted molar refractivity (Wildman–Crippen MR) is 73.0 cm³/mol. The van der Waals surface area contributed by atoms with Crippen LogP contribution in [0.25, 0.3) is 0 Å². The summed E-state index contributed by atoms with van der Waals surface area (Å²) < 4.78 is 5.11. The van der Waals surface area contributed by atoms with Crippen molar-refractivity contribution >= 4 is 0 Å². The van der Waals surface area contributed by atoms with E-state index in [-0.39, 0.29) is 6.04 Å². The van der Waals surface area contributed by atoms with E-state index in [1.165, 1.54) is 6.42 Å². The smallest absolute Gasteiger partial charge is 0.124 e. The molecule has 100 valence electrons. The molecule has 1 N–H and O–H groups in total. The quantitative estimate of drug-likeness (QED) is 0.893. The van der Waals surface area contributed by atoms with Crippen molar-refractivity contribution < 1.29 is 9.84 Å². The molecule has 0 spiro atoms. The Hall–Kier alpha value is -1.22. The van der Waals surface area contributed by atoms with Crippen molar-refractivity contribution in [3.05, 3.63) is 23.8 Å². The highest BCUT2D eigenvalue weighted by atomic mass is 16.5. The Labute approximate surface area is 109 Å². The summed E-state index contributed by atoms with van der Waals surface area (Å²) in [7, 11) is 1.61. The summed E-state index contributed by atoms with van der Waals surface area (Å²) in [5.74, 6) is 1.02. The fourth-order valence-corrected chi connectivity index (χ4v) is 2.69. The zero-order valence-electron chi connectivity index (χ0n) is 11.7. The van der Waals surface area contributed by atoms with Crippen molar-refractivity contribution in [2.45, 2.75) is 33.2 Å². The van der Waals surface area contributed by atoms with Gasteiger partial charge in [-0.25, -0.2) is 0 Å². The highest BCUT2D eigenvalue weighted by molar-refractivity contribution is 5.41. The highest BCUT2D eigenvalue weighted by Crippen LogP contribution is 2.37. The maximum absolute atomic E-state index is 10.1. The molecule has 0 aliphatic carbocycles. The van der Waals surface area contributed by atoms with Crippen LogP contribution in [0.2, 0.25) is 0 Å². The monoisotopic (exact) mass is 249 g/mol. The van der Waals surface area contributed by atoms with Crippen LogP contribution in [0.5, 0.6) is 11.5 Å². The molecule has 1 fully saturated rings. The summed E-state index contributed by atoms with van der Waals surface area (Å²) in [6.07, 6.45) is 1.22. The minimum atomic E-state index is 0.248. The van der Waals surface area contributed by atoms with Gasteiger partial charge in [0.2, 0.25) is 0 Å². The largest absolute Gasteiger partial charge is 0.507 e. The SMILES string of the molecule is COc1ccc(C(C)N2CCC(C)(C)C2)c(O)c1. The third-order valence-electron chi connectivity index (χ3n) is 3.94. The first-order valence-corrected chi connectivity index (χ1v) is 6.54. The Morgan fingerprint density at radius 2 is 2.11 bits per heavy atom. The number of nitrogens with zero attached hydrogens (tertiary/aromatic N) is 1. The molecule has 3 nitrogen and oxygen atoms in total. The number of hydrogen-bond acceptors (Lipinski definition) is 3. The molecule has 1 aromatic carbocycles. The van der Waals surface area contributed by atoms with Gasteiger partial charge in [0.25, 0.3) is 0 Å². The van der Waals surface area contributed by atoms with E-state index in [0.717, 1.165) is 18.7 Å². The third-order valence-corrected chi connectivity index (χ3v) is 3.94. The lowest BCUT2D eigenvalue weighted by atomic mass is 9.93. The lowest BCUT2D eigenvalue weighted by molar-refractivity contribution is 0.228. The maximum Gasteiger partial charge on any atom is 0.124 e. The van der Waals surface area contributed by atoms with Gasteiger partial charge in [-0.1, -0.05) is 19.9 Å². The van der Waals surface area contributed by atoms with Gasteiger partial charge in [0.15, 0.2) is 0 Å². The summed E-state index contributed by atoms with van der Waals surface area (Å²) in [6, 6.07) is 5.81. The fourth-order valence-electron chi connectivity index (χ4n) is 2.69. The van der Waals surface area contributed by atoms with Crippen LogP contribution in [0.3, 0.4) is 0 Å². The molecule has 0 bridgehead atoms. The summed E-state index contributed by atoms with van der Waals surface area (Å²) in [5.41, 5.74) is 1.37. The second-order valence-electron chi connectivity index (χ2n) is 5.99. The van der Waals surface area contributed by atoms with Gasteiger partial charge in [-0.15, -0.1) is 0 Å². The number of methoxy groups -OCH3 is 1. The predicted octanol–water partition coefficient (Wildman–Crippen LogP) is 3.19. The number of rotatable bonds is 3. The lowest BCUT2D eigenvalue weighted by Gasteiger charge is -2.27. The summed E-state index contributed by atoms with van der Waals surface area (Å²) in [4.78, 5) is 2.43. The molecule has 1 aromatic rings. The van der Waals surface area contributed by atoms with Gasteiger partial charge in [-0.2, -0.15) is 0 Å². The minimum Gasteiger partial charge on any atom is -0.507 e. The molecule has 0 amide bonds. The molecular weight excluding hydrogens is 226 g/mol. The molecule has 18 heavy (non-hydrogen) atoms. The van der Waals surface area contributed by atoms with E-state index in [9.17, 15) is 5.11 Å². The summed E-state index contributed by atoms with van der Waals surface area (Å²) in [5, 5.41) is 10.1. The minimum absolute atomic E-state index is 0.248.